The number of hydrogen-bond acceptors (Lipinski definition) is 4. The molecule has 5 heteroatoms. The molecule has 0 bridgehead atoms. The van der Waals surface area contributed by atoms with E-state index in [-0.39, 0.29) is 18.1 Å². The fraction of sp³-hybridized carbons (Fsp3) is 0.583. The molecule has 1 aromatic heterocycles. The van der Waals surface area contributed by atoms with E-state index in [2.05, 4.69) is 0 Å². The maximum atomic E-state index is 12.1. The number of anilines is 1. The predicted molar refractivity (Wildman–Crippen MR) is 69.4 cm³/mol. The smallest absolute Gasteiger partial charge is 0.256 e. The summed E-state index contributed by atoms with van der Waals surface area (Å²) < 4.78 is 5.75. The van der Waals surface area contributed by atoms with Gasteiger partial charge in [0.1, 0.15) is 0 Å². The molecule has 17 heavy (non-hydrogen) atoms. The van der Waals surface area contributed by atoms with Crippen molar-refractivity contribution < 1.29 is 9.53 Å². The van der Waals surface area contributed by atoms with Crippen molar-refractivity contribution in [2.24, 2.45) is 0 Å². The van der Waals surface area contributed by atoms with Crippen LogP contribution in [0.15, 0.2) is 0 Å². The summed E-state index contributed by atoms with van der Waals surface area (Å²) in [5.74, 6) is -0.0127. The van der Waals surface area contributed by atoms with E-state index in [4.69, 9.17) is 10.5 Å². The second-order valence-electron chi connectivity index (χ2n) is 4.68. The lowest BCUT2D eigenvalue weighted by atomic mass is 9.98. The Morgan fingerprint density at radius 3 is 2.71 bits per heavy atom. The third-order valence-electron chi connectivity index (χ3n) is 2.98. The Hall–Kier alpha value is -1.07. The monoisotopic (exact) mass is 254 g/mol. The van der Waals surface area contributed by atoms with Crippen LogP contribution in [0.2, 0.25) is 0 Å². The lowest BCUT2D eigenvalue weighted by Gasteiger charge is -2.26. The Labute approximate surface area is 105 Å². The van der Waals surface area contributed by atoms with Crippen LogP contribution in [0.5, 0.6) is 0 Å². The first kappa shape index (κ1) is 12.4. The molecule has 94 valence electrons. The van der Waals surface area contributed by atoms with Crippen LogP contribution in [0.4, 0.5) is 5.00 Å². The maximum Gasteiger partial charge on any atom is 0.256 e. The highest BCUT2D eigenvalue weighted by molar-refractivity contribution is 7.16. The van der Waals surface area contributed by atoms with Crippen molar-refractivity contribution in [3.63, 3.8) is 0 Å². The molecule has 1 aromatic rings. The molecule has 0 fully saturated rings. The number of carbonyl (C=O) groups excluding carboxylic acids is 1. The molecule has 2 N–H and O–H groups in total. The maximum absolute atomic E-state index is 12.1. The molecule has 2 rings (SSSR count). The Morgan fingerprint density at radius 1 is 1.47 bits per heavy atom. The van der Waals surface area contributed by atoms with Gasteiger partial charge in [0.05, 0.1) is 22.8 Å². The lowest BCUT2D eigenvalue weighted by Crippen LogP contribution is -2.26. The van der Waals surface area contributed by atoms with Gasteiger partial charge in [0.15, 0.2) is 0 Å². The van der Waals surface area contributed by atoms with Crippen LogP contribution in [-0.4, -0.2) is 31.0 Å². The van der Waals surface area contributed by atoms with Gasteiger partial charge in [-0.3, -0.25) is 4.79 Å². The zero-order valence-corrected chi connectivity index (χ0v) is 11.4. The van der Waals surface area contributed by atoms with Gasteiger partial charge in [-0.1, -0.05) is 0 Å². The number of rotatable bonds is 1. The Kier molecular flexibility index (Phi) is 3.14. The van der Waals surface area contributed by atoms with Gasteiger partial charge < -0.3 is 15.4 Å². The highest BCUT2D eigenvalue weighted by atomic mass is 32.1. The number of hydrogen-bond donors (Lipinski definition) is 1. The normalized spacial score (nSPS) is 23.3. The first-order valence-corrected chi connectivity index (χ1v) is 6.51. The third-order valence-corrected chi connectivity index (χ3v) is 4.21. The molecule has 1 aliphatic heterocycles. The minimum atomic E-state index is -0.0127. The Balaban J connectivity index is 2.51. The van der Waals surface area contributed by atoms with Gasteiger partial charge in [-0.15, -0.1) is 11.3 Å². The van der Waals surface area contributed by atoms with Gasteiger partial charge >= 0.3 is 0 Å². The molecule has 2 unspecified atom stereocenters. The number of fused-ring (bicyclic) bond motifs is 1. The predicted octanol–water partition coefficient (Wildman–Crippen LogP) is 2.05. The number of carbonyl (C=O) groups is 1. The largest absolute Gasteiger partial charge is 0.390 e. The van der Waals surface area contributed by atoms with Crippen LogP contribution in [0.1, 0.15) is 40.8 Å². The van der Waals surface area contributed by atoms with Gasteiger partial charge in [0, 0.05) is 25.4 Å². The third kappa shape index (κ3) is 2.05. The van der Waals surface area contributed by atoms with E-state index < -0.39 is 0 Å². The lowest BCUT2D eigenvalue weighted by molar-refractivity contribution is -0.00233. The minimum Gasteiger partial charge on any atom is -0.390 e. The van der Waals surface area contributed by atoms with Gasteiger partial charge in [-0.25, -0.2) is 0 Å². The molecule has 0 aromatic carbocycles. The Bertz CT molecular complexity index is 454. The molecule has 2 heterocycles. The number of nitrogens with zero attached hydrogens (tertiary/aromatic N) is 1. The zero-order valence-electron chi connectivity index (χ0n) is 10.6. The molecule has 0 saturated carbocycles. The fourth-order valence-electron chi connectivity index (χ4n) is 2.24. The zero-order chi connectivity index (χ0) is 12.7. The standard InChI is InChI=1S/C12H18N2O2S/c1-6-5-8-9(12(15)14(3)4)11(13)17-10(8)7(2)16-6/h6-7H,5,13H2,1-4H3. The van der Waals surface area contributed by atoms with Gasteiger partial charge in [-0.05, 0) is 19.4 Å². The van der Waals surface area contributed by atoms with E-state index in [1.54, 1.807) is 19.0 Å². The summed E-state index contributed by atoms with van der Waals surface area (Å²) in [6.45, 7) is 4.03. The van der Waals surface area contributed by atoms with Crippen LogP contribution < -0.4 is 5.73 Å². The Morgan fingerprint density at radius 2 is 2.12 bits per heavy atom. The topological polar surface area (TPSA) is 55.6 Å². The summed E-state index contributed by atoms with van der Waals surface area (Å²) in [6.07, 6.45) is 0.937. The second kappa shape index (κ2) is 4.31. The first-order valence-electron chi connectivity index (χ1n) is 5.70. The highest BCUT2D eigenvalue weighted by Gasteiger charge is 2.31. The average Bonchev–Trinajstić information content (AvgIpc) is 2.54. The molecule has 2 atom stereocenters. The van der Waals surface area contributed by atoms with Crippen molar-refractivity contribution in [2.45, 2.75) is 32.5 Å². The summed E-state index contributed by atoms with van der Waals surface area (Å²) in [6, 6.07) is 0. The van der Waals surface area contributed by atoms with Crippen molar-refractivity contribution in [3.05, 3.63) is 16.0 Å². The molecule has 0 aliphatic carbocycles. The van der Waals surface area contributed by atoms with Crippen molar-refractivity contribution in [2.75, 3.05) is 19.8 Å². The second-order valence-corrected chi connectivity index (χ2v) is 5.76. The summed E-state index contributed by atoms with van der Waals surface area (Å²) >= 11 is 1.48. The molecule has 1 aliphatic rings. The summed E-state index contributed by atoms with van der Waals surface area (Å²) in [7, 11) is 3.50. The molecule has 4 nitrogen and oxygen atoms in total. The van der Waals surface area contributed by atoms with Crippen LogP contribution in [0.25, 0.3) is 0 Å². The van der Waals surface area contributed by atoms with E-state index in [1.807, 2.05) is 13.8 Å². The van der Waals surface area contributed by atoms with Gasteiger partial charge in [-0.2, -0.15) is 0 Å². The number of thiophene rings is 1. The van der Waals surface area contributed by atoms with Crippen molar-refractivity contribution in [1.29, 1.82) is 0 Å². The molecule has 0 spiro atoms. The number of ether oxygens (including phenoxy) is 1. The number of nitrogen functional groups attached to an aromatic ring is 1. The van der Waals surface area contributed by atoms with E-state index in [9.17, 15) is 4.79 Å². The molecule has 1 amide bonds. The van der Waals surface area contributed by atoms with Gasteiger partial charge in [0.2, 0.25) is 0 Å². The number of nitrogens with two attached hydrogens (primary N) is 1. The van der Waals surface area contributed by atoms with Crippen molar-refractivity contribution in [3.8, 4) is 0 Å². The number of amides is 1. The van der Waals surface area contributed by atoms with Crippen molar-refractivity contribution >= 4 is 22.2 Å². The van der Waals surface area contributed by atoms with E-state index in [0.717, 1.165) is 16.9 Å². The fourth-order valence-corrected chi connectivity index (χ4v) is 3.32. The molecule has 0 saturated heterocycles. The quantitative estimate of drug-likeness (QED) is 0.834. The minimum absolute atomic E-state index is 0.0127. The molecular weight excluding hydrogens is 236 g/mol. The van der Waals surface area contributed by atoms with Crippen LogP contribution in [-0.2, 0) is 11.2 Å². The van der Waals surface area contributed by atoms with Crippen LogP contribution in [0, 0.1) is 0 Å². The SMILES string of the molecule is CC1Cc2c(sc(N)c2C(=O)N(C)C)C(C)O1. The summed E-state index contributed by atoms with van der Waals surface area (Å²) in [4.78, 5) is 14.8. The summed E-state index contributed by atoms with van der Waals surface area (Å²) in [5.41, 5.74) is 7.74. The highest BCUT2D eigenvalue weighted by Crippen LogP contribution is 2.41. The van der Waals surface area contributed by atoms with Crippen LogP contribution >= 0.6 is 11.3 Å². The van der Waals surface area contributed by atoms with Crippen molar-refractivity contribution in [1.82, 2.24) is 4.90 Å². The first-order chi connectivity index (χ1) is 7.91. The summed E-state index contributed by atoms with van der Waals surface area (Å²) in [5, 5.41) is 0.609. The molecule has 0 radical (unpaired) electrons. The van der Waals surface area contributed by atoms with E-state index >= 15 is 0 Å². The average molecular weight is 254 g/mol. The molecular formula is C12H18N2O2S. The van der Waals surface area contributed by atoms with Gasteiger partial charge in [0.25, 0.3) is 5.91 Å². The van der Waals surface area contributed by atoms with Crippen LogP contribution in [0.3, 0.4) is 0 Å². The van der Waals surface area contributed by atoms with E-state index in [0.29, 0.717) is 10.6 Å². The van der Waals surface area contributed by atoms with E-state index in [1.165, 1.54) is 11.3 Å².